The highest BCUT2D eigenvalue weighted by molar-refractivity contribution is 7.98. The molecule has 3 aromatic rings. The average molecular weight is 594 g/mol. The molecule has 41 heavy (non-hydrogen) atoms. The molecule has 0 radical (unpaired) electrons. The molecule has 0 spiro atoms. The number of Topliss-reactive ketones (excluding diaryl/α,β-unsaturated/α-hetero) is 2. The number of amides is 1. The van der Waals surface area contributed by atoms with Crippen molar-refractivity contribution in [2.75, 3.05) is 19.3 Å². The van der Waals surface area contributed by atoms with E-state index in [1.165, 1.54) is 6.92 Å². The lowest BCUT2D eigenvalue weighted by Crippen LogP contribution is -2.36. The van der Waals surface area contributed by atoms with Gasteiger partial charge in [-0.1, -0.05) is 35.9 Å². The van der Waals surface area contributed by atoms with Crippen LogP contribution in [0.4, 0.5) is 4.79 Å². The van der Waals surface area contributed by atoms with E-state index in [0.717, 1.165) is 21.6 Å². The number of aryl methyl sites for hydroxylation is 2. The fourth-order valence-electron chi connectivity index (χ4n) is 5.11. The molecule has 1 aliphatic heterocycles. The molecule has 1 aliphatic rings. The van der Waals surface area contributed by atoms with Crippen LogP contribution in [0.15, 0.2) is 65.6 Å². The molecule has 2 unspecified atom stereocenters. The van der Waals surface area contributed by atoms with Crippen molar-refractivity contribution >= 4 is 41.0 Å². The number of hydrogen-bond acceptors (Lipinski definition) is 6. The Kier molecular flexibility index (Phi) is 9.50. The van der Waals surface area contributed by atoms with Crippen molar-refractivity contribution in [3.05, 3.63) is 87.9 Å². The fourth-order valence-corrected chi connectivity index (χ4v) is 5.64. The Balaban J connectivity index is 1.59. The van der Waals surface area contributed by atoms with E-state index in [2.05, 4.69) is 0 Å². The van der Waals surface area contributed by atoms with Gasteiger partial charge in [0.25, 0.3) is 0 Å². The Morgan fingerprint density at radius 1 is 0.976 bits per heavy atom. The number of rotatable bonds is 9. The van der Waals surface area contributed by atoms with Crippen LogP contribution in [0, 0.1) is 25.7 Å². The Hall–Kier alpha value is -3.29. The molecule has 1 amide bonds. The Labute approximate surface area is 251 Å². The largest absolute Gasteiger partial charge is 0.480 e. The van der Waals surface area contributed by atoms with Crippen LogP contribution in [0.3, 0.4) is 0 Å². The second-order valence-electron chi connectivity index (χ2n) is 11.1. The molecule has 1 saturated heterocycles. The average Bonchev–Trinajstić information content (AvgIpc) is 3.35. The number of carbonyl (C=O) groups excluding carboxylic acids is 3. The van der Waals surface area contributed by atoms with Gasteiger partial charge in [-0.15, -0.1) is 11.8 Å². The van der Waals surface area contributed by atoms with Crippen LogP contribution in [-0.2, 0) is 11.2 Å². The van der Waals surface area contributed by atoms with E-state index >= 15 is 0 Å². The molecular formula is C33H36ClNO5S. The summed E-state index contributed by atoms with van der Waals surface area (Å²) in [4.78, 5) is 41.7. The number of halogens is 1. The number of nitrogens with zero attached hydrogens (tertiary/aromatic N) is 1. The quantitative estimate of drug-likeness (QED) is 0.188. The van der Waals surface area contributed by atoms with E-state index in [9.17, 15) is 14.4 Å². The molecule has 3 aromatic carbocycles. The number of ether oxygens (including phenoxy) is 2. The van der Waals surface area contributed by atoms with E-state index in [0.29, 0.717) is 35.1 Å². The molecule has 0 N–H and O–H groups in total. The third kappa shape index (κ3) is 7.32. The van der Waals surface area contributed by atoms with Gasteiger partial charge in [0, 0.05) is 34.5 Å². The van der Waals surface area contributed by atoms with E-state index < -0.39 is 11.7 Å². The van der Waals surface area contributed by atoms with Crippen LogP contribution >= 0.6 is 23.4 Å². The van der Waals surface area contributed by atoms with E-state index in [-0.39, 0.29) is 29.9 Å². The van der Waals surface area contributed by atoms with Gasteiger partial charge in [0.15, 0.2) is 17.2 Å². The Morgan fingerprint density at radius 2 is 1.59 bits per heavy atom. The highest BCUT2D eigenvalue weighted by Crippen LogP contribution is 2.34. The van der Waals surface area contributed by atoms with E-state index in [4.69, 9.17) is 21.1 Å². The molecule has 0 saturated carbocycles. The zero-order chi connectivity index (χ0) is 29.9. The van der Waals surface area contributed by atoms with Gasteiger partial charge in [0.05, 0.1) is 0 Å². The monoisotopic (exact) mass is 593 g/mol. The third-order valence-electron chi connectivity index (χ3n) is 7.65. The van der Waals surface area contributed by atoms with Crippen LogP contribution in [0.1, 0.15) is 47.8 Å². The predicted molar refractivity (Wildman–Crippen MR) is 164 cm³/mol. The topological polar surface area (TPSA) is 72.9 Å². The van der Waals surface area contributed by atoms with Gasteiger partial charge in [0.1, 0.15) is 11.5 Å². The second kappa shape index (κ2) is 12.7. The van der Waals surface area contributed by atoms with Crippen LogP contribution < -0.4 is 9.47 Å². The first kappa shape index (κ1) is 30.7. The highest BCUT2D eigenvalue weighted by Gasteiger charge is 2.40. The van der Waals surface area contributed by atoms with Gasteiger partial charge in [0.2, 0.25) is 0 Å². The Morgan fingerprint density at radius 3 is 2.15 bits per heavy atom. The summed E-state index contributed by atoms with van der Waals surface area (Å²) in [7, 11) is 0. The fraction of sp³-hybridized carbons (Fsp3) is 0.364. The lowest BCUT2D eigenvalue weighted by molar-refractivity contribution is -0.129. The number of carbonyl (C=O) groups is 3. The van der Waals surface area contributed by atoms with Gasteiger partial charge in [-0.05, 0) is 106 Å². The summed E-state index contributed by atoms with van der Waals surface area (Å²) in [6.45, 7) is 9.63. The zero-order valence-corrected chi connectivity index (χ0v) is 25.9. The van der Waals surface area contributed by atoms with Crippen molar-refractivity contribution in [1.29, 1.82) is 0 Å². The van der Waals surface area contributed by atoms with E-state index in [1.807, 2.05) is 56.5 Å². The van der Waals surface area contributed by atoms with Gasteiger partial charge < -0.3 is 14.4 Å². The van der Waals surface area contributed by atoms with E-state index in [1.54, 1.807) is 54.8 Å². The summed E-state index contributed by atoms with van der Waals surface area (Å²) in [5.41, 5.74) is 2.58. The number of ketones is 2. The Bertz CT molecular complexity index is 1410. The first-order chi connectivity index (χ1) is 19.4. The SMILES string of the molecule is CSc1ccc(C(=O)C2CN(C(=O)Oc3ccc(Cl)cc3)CC2Cc2cc(C)c(OC(C)(C)C(C)=O)c(C)c2)cc1. The summed E-state index contributed by atoms with van der Waals surface area (Å²) in [6, 6.07) is 18.3. The van der Waals surface area contributed by atoms with Crippen LogP contribution in [0.5, 0.6) is 11.5 Å². The summed E-state index contributed by atoms with van der Waals surface area (Å²) >= 11 is 7.59. The maximum Gasteiger partial charge on any atom is 0.415 e. The van der Waals surface area contributed by atoms with Crippen LogP contribution in [0.2, 0.25) is 5.02 Å². The second-order valence-corrected chi connectivity index (χ2v) is 12.4. The molecule has 2 atom stereocenters. The number of likely N-dealkylation sites (tertiary alicyclic amines) is 1. The van der Waals surface area contributed by atoms with Crippen molar-refractivity contribution in [2.24, 2.45) is 11.8 Å². The summed E-state index contributed by atoms with van der Waals surface area (Å²) in [5, 5.41) is 0.552. The zero-order valence-electron chi connectivity index (χ0n) is 24.3. The minimum atomic E-state index is -0.934. The summed E-state index contributed by atoms with van der Waals surface area (Å²) < 4.78 is 11.7. The van der Waals surface area contributed by atoms with Gasteiger partial charge in [-0.3, -0.25) is 9.59 Å². The molecule has 4 rings (SSSR count). The molecule has 216 valence electrons. The van der Waals surface area contributed by atoms with Gasteiger partial charge >= 0.3 is 6.09 Å². The van der Waals surface area contributed by atoms with Crippen LogP contribution in [0.25, 0.3) is 0 Å². The maximum absolute atomic E-state index is 13.8. The normalized spacial score (nSPS) is 16.9. The number of benzene rings is 3. The first-order valence-electron chi connectivity index (χ1n) is 13.6. The predicted octanol–water partition coefficient (Wildman–Crippen LogP) is 7.60. The maximum atomic E-state index is 13.8. The minimum absolute atomic E-state index is 0.0149. The summed E-state index contributed by atoms with van der Waals surface area (Å²) in [5.74, 6) is 0.550. The van der Waals surface area contributed by atoms with Gasteiger partial charge in [-0.25, -0.2) is 4.79 Å². The summed E-state index contributed by atoms with van der Waals surface area (Å²) in [6.07, 6.45) is 2.10. The molecule has 8 heteroatoms. The molecular weight excluding hydrogens is 558 g/mol. The lowest BCUT2D eigenvalue weighted by atomic mass is 9.84. The highest BCUT2D eigenvalue weighted by atomic mass is 35.5. The number of hydrogen-bond donors (Lipinski definition) is 0. The third-order valence-corrected chi connectivity index (χ3v) is 8.65. The van der Waals surface area contributed by atoms with Crippen molar-refractivity contribution in [1.82, 2.24) is 4.90 Å². The molecule has 0 aliphatic carbocycles. The molecule has 0 bridgehead atoms. The molecule has 6 nitrogen and oxygen atoms in total. The van der Waals surface area contributed by atoms with Crippen molar-refractivity contribution < 1.29 is 23.9 Å². The van der Waals surface area contributed by atoms with Crippen molar-refractivity contribution in [3.63, 3.8) is 0 Å². The molecule has 1 heterocycles. The van der Waals surface area contributed by atoms with Gasteiger partial charge in [-0.2, -0.15) is 0 Å². The standard InChI is InChI=1S/C33H36ClNO5S/c1-20-15-23(16-21(2)31(20)40-33(4,5)22(3)36)17-25-18-35(32(38)39-27-11-9-26(34)10-12-27)19-29(25)30(37)24-7-13-28(41-6)14-8-24/h7-16,25,29H,17-19H2,1-6H3. The smallest absolute Gasteiger partial charge is 0.415 e. The van der Waals surface area contributed by atoms with Crippen molar-refractivity contribution in [3.8, 4) is 11.5 Å². The molecule has 0 aromatic heterocycles. The molecule has 1 fully saturated rings. The first-order valence-corrected chi connectivity index (χ1v) is 15.2. The van der Waals surface area contributed by atoms with Crippen LogP contribution in [-0.4, -0.2) is 47.5 Å². The number of thioether (sulfide) groups is 1. The lowest BCUT2D eigenvalue weighted by Gasteiger charge is -2.26. The minimum Gasteiger partial charge on any atom is -0.480 e. The van der Waals surface area contributed by atoms with Crippen molar-refractivity contribution in [2.45, 2.75) is 51.5 Å².